The zero-order chi connectivity index (χ0) is 23.7. The molecular weight excluding hydrogens is 440 g/mol. The maximum Gasteiger partial charge on any atom is 0.282 e. The second kappa shape index (κ2) is 9.00. The van der Waals surface area contributed by atoms with Crippen LogP contribution in [-0.4, -0.2) is 26.0 Å². The lowest BCUT2D eigenvalue weighted by Gasteiger charge is -2.18. The van der Waals surface area contributed by atoms with Crippen LogP contribution in [-0.2, 0) is 9.59 Å². The van der Waals surface area contributed by atoms with E-state index in [4.69, 9.17) is 21.1 Å². The van der Waals surface area contributed by atoms with Crippen molar-refractivity contribution in [2.75, 3.05) is 24.4 Å². The van der Waals surface area contributed by atoms with E-state index in [1.807, 2.05) is 38.1 Å². The topological polar surface area (TPSA) is 67.9 Å². The number of hydrogen-bond donors (Lipinski definition) is 1. The van der Waals surface area contributed by atoms with Crippen molar-refractivity contribution >= 4 is 40.4 Å². The second-order valence-electron chi connectivity index (χ2n) is 7.68. The van der Waals surface area contributed by atoms with Gasteiger partial charge in [0.05, 0.1) is 31.2 Å². The second-order valence-corrected chi connectivity index (χ2v) is 8.12. The Balaban J connectivity index is 1.85. The van der Waals surface area contributed by atoms with E-state index in [2.05, 4.69) is 5.32 Å². The largest absolute Gasteiger partial charge is 0.497 e. The molecule has 2 amide bonds. The quantitative estimate of drug-likeness (QED) is 0.499. The summed E-state index contributed by atoms with van der Waals surface area (Å²) in [5, 5.41) is 3.68. The summed E-state index contributed by atoms with van der Waals surface area (Å²) in [7, 11) is 3.09. The molecule has 4 rings (SSSR count). The molecule has 3 aromatic carbocycles. The fourth-order valence-corrected chi connectivity index (χ4v) is 3.99. The van der Waals surface area contributed by atoms with Crippen LogP contribution in [0.4, 0.5) is 11.4 Å². The number of imide groups is 1. The van der Waals surface area contributed by atoms with Gasteiger partial charge in [0.2, 0.25) is 0 Å². The van der Waals surface area contributed by atoms with E-state index in [-0.39, 0.29) is 11.3 Å². The highest BCUT2D eigenvalue weighted by atomic mass is 35.5. The van der Waals surface area contributed by atoms with Gasteiger partial charge in [-0.1, -0.05) is 41.4 Å². The fourth-order valence-electron chi connectivity index (χ4n) is 3.76. The molecule has 0 saturated carbocycles. The number of carbonyl (C=O) groups excluding carboxylic acids is 2. The van der Waals surface area contributed by atoms with E-state index in [0.29, 0.717) is 33.5 Å². The number of nitrogens with zero attached hydrogens (tertiary/aromatic N) is 1. The van der Waals surface area contributed by atoms with E-state index in [1.165, 1.54) is 12.0 Å². The summed E-state index contributed by atoms with van der Waals surface area (Å²) in [6.07, 6.45) is 0. The molecular formula is C26H23ClN2O4. The van der Waals surface area contributed by atoms with Crippen LogP contribution in [0.1, 0.15) is 16.7 Å². The van der Waals surface area contributed by atoms with Crippen molar-refractivity contribution in [3.05, 3.63) is 88.1 Å². The van der Waals surface area contributed by atoms with Crippen LogP contribution < -0.4 is 19.7 Å². The van der Waals surface area contributed by atoms with Gasteiger partial charge in [-0.2, -0.15) is 0 Å². The molecule has 3 aromatic rings. The number of carbonyl (C=O) groups is 2. The Kier molecular flexibility index (Phi) is 6.11. The van der Waals surface area contributed by atoms with Gasteiger partial charge in [0.15, 0.2) is 0 Å². The van der Waals surface area contributed by atoms with Crippen LogP contribution in [0.5, 0.6) is 11.5 Å². The number of methoxy groups -OCH3 is 2. The lowest BCUT2D eigenvalue weighted by molar-refractivity contribution is -0.120. The number of halogens is 1. The number of anilines is 2. The third-order valence-electron chi connectivity index (χ3n) is 5.49. The highest BCUT2D eigenvalue weighted by Crippen LogP contribution is 2.38. The van der Waals surface area contributed by atoms with E-state index in [9.17, 15) is 9.59 Å². The van der Waals surface area contributed by atoms with Crippen molar-refractivity contribution in [1.82, 2.24) is 0 Å². The molecule has 0 aliphatic carbocycles. The van der Waals surface area contributed by atoms with Gasteiger partial charge in [0.1, 0.15) is 17.2 Å². The van der Waals surface area contributed by atoms with Gasteiger partial charge in [-0.05, 0) is 55.3 Å². The van der Waals surface area contributed by atoms with Crippen LogP contribution >= 0.6 is 11.6 Å². The van der Waals surface area contributed by atoms with Crippen molar-refractivity contribution in [3.63, 3.8) is 0 Å². The molecule has 0 saturated heterocycles. The Hall–Kier alpha value is -3.77. The molecule has 6 nitrogen and oxygen atoms in total. The summed E-state index contributed by atoms with van der Waals surface area (Å²) in [5.74, 6) is 0.215. The lowest BCUT2D eigenvalue weighted by atomic mass is 10.0. The predicted molar refractivity (Wildman–Crippen MR) is 130 cm³/mol. The summed E-state index contributed by atoms with van der Waals surface area (Å²) >= 11 is 6.09. The maximum atomic E-state index is 13.6. The van der Waals surface area contributed by atoms with E-state index in [1.54, 1.807) is 43.5 Å². The van der Waals surface area contributed by atoms with Crippen LogP contribution in [0.15, 0.2) is 66.4 Å². The number of nitrogens with one attached hydrogen (secondary N) is 1. The van der Waals surface area contributed by atoms with Gasteiger partial charge in [0, 0.05) is 11.1 Å². The molecule has 0 fully saturated rings. The van der Waals surface area contributed by atoms with Crippen LogP contribution in [0, 0.1) is 13.8 Å². The molecule has 33 heavy (non-hydrogen) atoms. The predicted octanol–water partition coefficient (Wildman–Crippen LogP) is 5.37. The van der Waals surface area contributed by atoms with E-state index < -0.39 is 11.8 Å². The zero-order valence-electron chi connectivity index (χ0n) is 18.7. The lowest BCUT2D eigenvalue weighted by Crippen LogP contribution is -2.33. The fraction of sp³-hybridized carbons (Fsp3) is 0.154. The molecule has 0 aromatic heterocycles. The van der Waals surface area contributed by atoms with Gasteiger partial charge in [-0.3, -0.25) is 9.59 Å². The van der Waals surface area contributed by atoms with E-state index >= 15 is 0 Å². The van der Waals surface area contributed by atoms with Crippen molar-refractivity contribution < 1.29 is 19.1 Å². The van der Waals surface area contributed by atoms with Crippen LogP contribution in [0.3, 0.4) is 0 Å². The Morgan fingerprint density at radius 2 is 1.58 bits per heavy atom. The Morgan fingerprint density at radius 3 is 2.21 bits per heavy atom. The monoisotopic (exact) mass is 462 g/mol. The normalized spacial score (nSPS) is 13.5. The average molecular weight is 463 g/mol. The SMILES string of the molecule is COc1ccc(NC2=C(c3ccc(C)cc3)C(=O)N(c3ccc(Cl)cc3C)C2=O)c(OC)c1. The first-order chi connectivity index (χ1) is 15.8. The first kappa shape index (κ1) is 22.4. The third-order valence-corrected chi connectivity index (χ3v) is 5.73. The highest BCUT2D eigenvalue weighted by Gasteiger charge is 2.41. The number of ether oxygens (including phenoxy) is 2. The minimum atomic E-state index is -0.459. The van der Waals surface area contributed by atoms with Gasteiger partial charge in [-0.25, -0.2) is 4.90 Å². The molecule has 0 unspecified atom stereocenters. The molecule has 1 heterocycles. The smallest absolute Gasteiger partial charge is 0.282 e. The molecule has 0 bridgehead atoms. The number of benzene rings is 3. The number of aryl methyl sites for hydroxylation is 2. The van der Waals surface area contributed by atoms with Gasteiger partial charge < -0.3 is 14.8 Å². The average Bonchev–Trinajstić information content (AvgIpc) is 3.04. The first-order valence-corrected chi connectivity index (χ1v) is 10.7. The molecule has 7 heteroatoms. The number of hydrogen-bond acceptors (Lipinski definition) is 5. The first-order valence-electron chi connectivity index (χ1n) is 10.3. The molecule has 0 spiro atoms. The van der Waals surface area contributed by atoms with Crippen molar-refractivity contribution in [3.8, 4) is 11.5 Å². The summed E-state index contributed by atoms with van der Waals surface area (Å²) in [6.45, 7) is 3.77. The molecule has 1 N–H and O–H groups in total. The Labute approximate surface area is 197 Å². The summed E-state index contributed by atoms with van der Waals surface area (Å²) in [5.41, 5.74) is 3.88. The molecule has 168 valence electrons. The summed E-state index contributed by atoms with van der Waals surface area (Å²) in [4.78, 5) is 28.4. The van der Waals surface area contributed by atoms with Gasteiger partial charge in [0.25, 0.3) is 11.8 Å². The minimum Gasteiger partial charge on any atom is -0.497 e. The molecule has 0 radical (unpaired) electrons. The summed E-state index contributed by atoms with van der Waals surface area (Å²) < 4.78 is 10.7. The standard InChI is InChI=1S/C26H23ClN2O4/c1-15-5-7-17(8-6-15)23-24(28-20-11-10-19(32-3)14-22(20)33-4)26(31)29(25(23)30)21-12-9-18(27)13-16(21)2/h5-14,28H,1-4H3. The third kappa shape index (κ3) is 4.17. The Morgan fingerprint density at radius 1 is 0.848 bits per heavy atom. The molecule has 1 aliphatic heterocycles. The van der Waals surface area contributed by atoms with E-state index in [0.717, 1.165) is 11.1 Å². The van der Waals surface area contributed by atoms with Gasteiger partial charge >= 0.3 is 0 Å². The highest BCUT2D eigenvalue weighted by molar-refractivity contribution is 6.46. The Bertz CT molecular complexity index is 1280. The number of rotatable bonds is 6. The van der Waals surface area contributed by atoms with Crippen molar-refractivity contribution in [2.45, 2.75) is 13.8 Å². The van der Waals surface area contributed by atoms with Crippen LogP contribution in [0.2, 0.25) is 5.02 Å². The summed E-state index contributed by atoms with van der Waals surface area (Å²) in [6, 6.07) is 17.7. The minimum absolute atomic E-state index is 0.168. The van der Waals surface area contributed by atoms with Gasteiger partial charge in [-0.15, -0.1) is 0 Å². The number of amides is 2. The zero-order valence-corrected chi connectivity index (χ0v) is 19.5. The molecule has 0 atom stereocenters. The van der Waals surface area contributed by atoms with Crippen molar-refractivity contribution in [1.29, 1.82) is 0 Å². The maximum absolute atomic E-state index is 13.6. The molecule has 1 aliphatic rings. The van der Waals surface area contributed by atoms with Crippen LogP contribution in [0.25, 0.3) is 5.57 Å². The van der Waals surface area contributed by atoms with Crippen molar-refractivity contribution in [2.24, 2.45) is 0 Å².